The molecule has 1 amide bonds. The molecule has 0 aromatic heterocycles. The standard InChI is InChI=1S/C17H34N2O3/c1-16(2,3)19(15(21)22-17(4,5)6)11-10-18-12-13-8-7-9-14(13)20/h13-14,18,20H,7-12H2,1-6H3. The Morgan fingerprint density at radius 1 is 1.23 bits per heavy atom. The number of hydrogen-bond donors (Lipinski definition) is 2. The molecule has 1 rings (SSSR count). The summed E-state index contributed by atoms with van der Waals surface area (Å²) < 4.78 is 5.49. The zero-order chi connectivity index (χ0) is 17.0. The van der Waals surface area contributed by atoms with E-state index in [1.807, 2.05) is 41.5 Å². The van der Waals surface area contributed by atoms with Crippen LogP contribution in [0, 0.1) is 5.92 Å². The Morgan fingerprint density at radius 3 is 2.32 bits per heavy atom. The highest BCUT2D eigenvalue weighted by Gasteiger charge is 2.30. The average Bonchev–Trinajstić information content (AvgIpc) is 2.70. The smallest absolute Gasteiger partial charge is 0.410 e. The molecule has 22 heavy (non-hydrogen) atoms. The van der Waals surface area contributed by atoms with E-state index in [0.29, 0.717) is 19.0 Å². The van der Waals surface area contributed by atoms with E-state index in [2.05, 4.69) is 5.32 Å². The van der Waals surface area contributed by atoms with Gasteiger partial charge in [-0.1, -0.05) is 6.42 Å². The normalized spacial score (nSPS) is 22.7. The van der Waals surface area contributed by atoms with Gasteiger partial charge in [0.2, 0.25) is 0 Å². The largest absolute Gasteiger partial charge is 0.444 e. The molecular formula is C17H34N2O3. The summed E-state index contributed by atoms with van der Waals surface area (Å²) in [4.78, 5) is 14.1. The van der Waals surface area contributed by atoms with Crippen LogP contribution in [0.3, 0.4) is 0 Å². The second-order valence-electron chi connectivity index (χ2n) is 8.27. The highest BCUT2D eigenvalue weighted by Crippen LogP contribution is 2.24. The highest BCUT2D eigenvalue weighted by atomic mass is 16.6. The highest BCUT2D eigenvalue weighted by molar-refractivity contribution is 5.69. The van der Waals surface area contributed by atoms with Gasteiger partial charge in [-0.05, 0) is 60.3 Å². The zero-order valence-electron chi connectivity index (χ0n) is 15.1. The lowest BCUT2D eigenvalue weighted by Crippen LogP contribution is -2.50. The Balaban J connectivity index is 2.43. The van der Waals surface area contributed by atoms with Crippen molar-refractivity contribution in [3.63, 3.8) is 0 Å². The lowest BCUT2D eigenvalue weighted by Gasteiger charge is -2.37. The molecule has 1 aliphatic carbocycles. The summed E-state index contributed by atoms with van der Waals surface area (Å²) in [6, 6.07) is 0. The number of amides is 1. The monoisotopic (exact) mass is 314 g/mol. The third-order valence-electron chi connectivity index (χ3n) is 3.96. The molecule has 0 spiro atoms. The van der Waals surface area contributed by atoms with Gasteiger partial charge in [0, 0.05) is 25.2 Å². The number of carbonyl (C=O) groups is 1. The lowest BCUT2D eigenvalue weighted by atomic mass is 10.1. The Labute approximate surface area is 135 Å². The zero-order valence-corrected chi connectivity index (χ0v) is 15.1. The predicted molar refractivity (Wildman–Crippen MR) is 88.9 cm³/mol. The number of aliphatic hydroxyl groups is 1. The van der Waals surface area contributed by atoms with E-state index >= 15 is 0 Å². The van der Waals surface area contributed by atoms with Gasteiger partial charge in [-0.15, -0.1) is 0 Å². The first-order valence-corrected chi connectivity index (χ1v) is 8.40. The minimum absolute atomic E-state index is 0.169. The van der Waals surface area contributed by atoms with Crippen LogP contribution in [-0.2, 0) is 4.74 Å². The second kappa shape index (κ2) is 7.64. The fourth-order valence-electron chi connectivity index (χ4n) is 2.75. The maximum absolute atomic E-state index is 12.3. The SMILES string of the molecule is CC(C)(C)OC(=O)N(CCNCC1CCCC1O)C(C)(C)C. The van der Waals surface area contributed by atoms with Gasteiger partial charge in [0.15, 0.2) is 0 Å². The number of carbonyl (C=O) groups excluding carboxylic acids is 1. The lowest BCUT2D eigenvalue weighted by molar-refractivity contribution is 0.00647. The van der Waals surface area contributed by atoms with Gasteiger partial charge in [-0.2, -0.15) is 0 Å². The molecule has 1 fully saturated rings. The third-order valence-corrected chi connectivity index (χ3v) is 3.96. The molecule has 0 aliphatic heterocycles. The molecule has 1 saturated carbocycles. The Hall–Kier alpha value is -0.810. The van der Waals surface area contributed by atoms with Crippen LogP contribution in [0.4, 0.5) is 4.79 Å². The summed E-state index contributed by atoms with van der Waals surface area (Å²) >= 11 is 0. The van der Waals surface area contributed by atoms with E-state index in [-0.39, 0.29) is 17.7 Å². The fraction of sp³-hybridized carbons (Fsp3) is 0.941. The molecule has 2 atom stereocenters. The van der Waals surface area contributed by atoms with Crippen molar-refractivity contribution in [2.45, 2.75) is 78.0 Å². The predicted octanol–water partition coefficient (Wildman–Crippen LogP) is 2.77. The number of rotatable bonds is 5. The Bertz CT molecular complexity index is 358. The van der Waals surface area contributed by atoms with Gasteiger partial charge in [0.1, 0.15) is 5.60 Å². The van der Waals surface area contributed by atoms with E-state index in [0.717, 1.165) is 25.8 Å². The van der Waals surface area contributed by atoms with Crippen molar-refractivity contribution >= 4 is 6.09 Å². The van der Waals surface area contributed by atoms with Gasteiger partial charge in [0.05, 0.1) is 6.10 Å². The number of nitrogens with zero attached hydrogens (tertiary/aromatic N) is 1. The molecule has 0 saturated heterocycles. The molecule has 2 unspecified atom stereocenters. The van der Waals surface area contributed by atoms with E-state index < -0.39 is 5.60 Å². The first kappa shape index (κ1) is 19.2. The molecule has 0 heterocycles. The second-order valence-corrected chi connectivity index (χ2v) is 8.27. The summed E-state index contributed by atoms with van der Waals surface area (Å²) in [5, 5.41) is 13.2. The quantitative estimate of drug-likeness (QED) is 0.766. The van der Waals surface area contributed by atoms with Gasteiger partial charge in [-0.3, -0.25) is 0 Å². The van der Waals surface area contributed by atoms with E-state index in [1.54, 1.807) is 4.90 Å². The Kier molecular flexibility index (Phi) is 6.68. The molecule has 130 valence electrons. The van der Waals surface area contributed by atoms with Crippen LogP contribution in [0.2, 0.25) is 0 Å². The van der Waals surface area contributed by atoms with Crippen molar-refractivity contribution in [1.82, 2.24) is 10.2 Å². The van der Waals surface area contributed by atoms with Crippen LogP contribution in [0.15, 0.2) is 0 Å². The van der Waals surface area contributed by atoms with Crippen LogP contribution in [-0.4, -0.2) is 53.0 Å². The molecule has 2 N–H and O–H groups in total. The van der Waals surface area contributed by atoms with Crippen molar-refractivity contribution in [2.75, 3.05) is 19.6 Å². The Morgan fingerprint density at radius 2 is 1.86 bits per heavy atom. The third kappa shape index (κ3) is 6.53. The van der Waals surface area contributed by atoms with E-state index in [1.165, 1.54) is 0 Å². The van der Waals surface area contributed by atoms with Gasteiger partial charge < -0.3 is 20.1 Å². The minimum atomic E-state index is -0.484. The van der Waals surface area contributed by atoms with Crippen LogP contribution >= 0.6 is 0 Å². The molecule has 1 aliphatic rings. The molecule has 0 aromatic rings. The van der Waals surface area contributed by atoms with Crippen molar-refractivity contribution in [1.29, 1.82) is 0 Å². The average molecular weight is 314 g/mol. The maximum atomic E-state index is 12.3. The van der Waals surface area contributed by atoms with Crippen molar-refractivity contribution in [2.24, 2.45) is 5.92 Å². The molecule has 5 heteroatoms. The number of nitrogens with one attached hydrogen (secondary N) is 1. The fourth-order valence-corrected chi connectivity index (χ4v) is 2.75. The maximum Gasteiger partial charge on any atom is 0.410 e. The molecule has 0 radical (unpaired) electrons. The molecule has 0 aromatic carbocycles. The first-order valence-electron chi connectivity index (χ1n) is 8.40. The summed E-state index contributed by atoms with van der Waals surface area (Å²) in [6.45, 7) is 13.8. The first-order chi connectivity index (χ1) is 10.0. The summed E-state index contributed by atoms with van der Waals surface area (Å²) in [5.74, 6) is 0.351. The van der Waals surface area contributed by atoms with Crippen molar-refractivity contribution in [3.8, 4) is 0 Å². The van der Waals surface area contributed by atoms with Crippen LogP contribution in [0.25, 0.3) is 0 Å². The van der Waals surface area contributed by atoms with Gasteiger partial charge >= 0.3 is 6.09 Å². The molecule has 0 bridgehead atoms. The van der Waals surface area contributed by atoms with Crippen LogP contribution in [0.1, 0.15) is 60.8 Å². The number of ether oxygens (including phenoxy) is 1. The summed E-state index contributed by atoms with van der Waals surface area (Å²) in [6.07, 6.45) is 2.67. The minimum Gasteiger partial charge on any atom is -0.444 e. The van der Waals surface area contributed by atoms with Crippen LogP contribution in [0.5, 0.6) is 0 Å². The number of aliphatic hydroxyl groups excluding tert-OH is 1. The molecule has 5 nitrogen and oxygen atoms in total. The van der Waals surface area contributed by atoms with Gasteiger partial charge in [0.25, 0.3) is 0 Å². The summed E-state index contributed by atoms with van der Waals surface area (Å²) in [7, 11) is 0. The number of hydrogen-bond acceptors (Lipinski definition) is 4. The molecular weight excluding hydrogens is 280 g/mol. The van der Waals surface area contributed by atoms with Crippen molar-refractivity contribution in [3.05, 3.63) is 0 Å². The van der Waals surface area contributed by atoms with Gasteiger partial charge in [-0.25, -0.2) is 4.79 Å². The van der Waals surface area contributed by atoms with Crippen LogP contribution < -0.4 is 5.32 Å². The topological polar surface area (TPSA) is 61.8 Å². The summed E-state index contributed by atoms with van der Waals surface area (Å²) in [5.41, 5.74) is -0.765. The van der Waals surface area contributed by atoms with Crippen molar-refractivity contribution < 1.29 is 14.6 Å². The van der Waals surface area contributed by atoms with E-state index in [4.69, 9.17) is 4.74 Å². The van der Waals surface area contributed by atoms with E-state index in [9.17, 15) is 9.90 Å².